The summed E-state index contributed by atoms with van der Waals surface area (Å²) in [5.41, 5.74) is 1.38. The van der Waals surface area contributed by atoms with Crippen LogP contribution in [-0.4, -0.2) is 44.2 Å². The zero-order chi connectivity index (χ0) is 31.7. The summed E-state index contributed by atoms with van der Waals surface area (Å²) < 4.78 is 47.5. The summed E-state index contributed by atoms with van der Waals surface area (Å²) in [6, 6.07) is 12.1. The Morgan fingerprint density at radius 1 is 0.833 bits per heavy atom. The van der Waals surface area contributed by atoms with Crippen LogP contribution in [0, 0.1) is 0 Å². The number of sulfonamides is 1. The molecule has 1 aliphatic carbocycles. The first kappa shape index (κ1) is 34.3. The van der Waals surface area contributed by atoms with E-state index in [9.17, 15) is 13.2 Å². The van der Waals surface area contributed by atoms with Crippen LogP contribution in [0.25, 0.3) is 0 Å². The molecule has 2 aromatic rings. The maximum atomic E-state index is 13.2. The largest absolute Gasteiger partial charge is 0.543 e. The molecule has 42 heavy (non-hydrogen) atoms. The molecule has 10 heteroatoms. The predicted octanol–water partition coefficient (Wildman–Crippen LogP) is 8.25. The van der Waals surface area contributed by atoms with Crippen LogP contribution in [0.2, 0.25) is 36.3 Å². The van der Waals surface area contributed by atoms with E-state index in [0.29, 0.717) is 12.8 Å². The molecule has 0 aromatic heterocycles. The predicted molar refractivity (Wildman–Crippen MR) is 175 cm³/mol. The number of benzene rings is 2. The molecule has 3 rings (SSSR count). The fraction of sp³-hybridized carbons (Fsp3) is 0.594. The second kappa shape index (κ2) is 12.5. The van der Waals surface area contributed by atoms with Crippen LogP contribution >= 0.6 is 0 Å². The van der Waals surface area contributed by atoms with Crippen molar-refractivity contribution in [2.24, 2.45) is 0 Å². The van der Waals surface area contributed by atoms with E-state index >= 15 is 0 Å². The molecule has 234 valence electrons. The number of carbonyl (C=O) groups excluding carboxylic acids is 1. The van der Waals surface area contributed by atoms with Gasteiger partial charge < -0.3 is 13.6 Å². The van der Waals surface area contributed by atoms with Crippen molar-refractivity contribution >= 4 is 32.6 Å². The normalized spacial score (nSPS) is 18.8. The van der Waals surface area contributed by atoms with Crippen molar-refractivity contribution in [2.75, 3.05) is 7.11 Å². The molecule has 1 aliphatic rings. The van der Waals surface area contributed by atoms with Crippen LogP contribution in [0.3, 0.4) is 0 Å². The number of hydrogen-bond donors (Lipinski definition) is 1. The van der Waals surface area contributed by atoms with Gasteiger partial charge in [0.25, 0.3) is 0 Å². The number of rotatable bonds is 9. The zero-order valence-electron chi connectivity index (χ0n) is 27.4. The van der Waals surface area contributed by atoms with E-state index in [0.717, 1.165) is 24.3 Å². The Kier molecular flexibility index (Phi) is 10.2. The summed E-state index contributed by atoms with van der Waals surface area (Å²) in [5.74, 6) is 1.45. The summed E-state index contributed by atoms with van der Waals surface area (Å²) >= 11 is 0. The van der Waals surface area contributed by atoms with Gasteiger partial charge in [-0.15, -0.1) is 0 Å². The van der Waals surface area contributed by atoms with Crippen LogP contribution < -0.4 is 13.6 Å². The first-order valence-corrected chi connectivity index (χ1v) is 22.2. The van der Waals surface area contributed by atoms with E-state index in [1.807, 2.05) is 0 Å². The minimum Gasteiger partial charge on any atom is -0.543 e. The van der Waals surface area contributed by atoms with Crippen molar-refractivity contribution in [2.45, 2.75) is 120 Å². The summed E-state index contributed by atoms with van der Waals surface area (Å²) in [7, 11) is -6.66. The Hall–Kier alpha value is -2.15. The Morgan fingerprint density at radius 2 is 1.40 bits per heavy atom. The molecule has 0 atom stereocenters. The number of nitrogens with one attached hydrogen (secondary N) is 1. The van der Waals surface area contributed by atoms with Gasteiger partial charge in [0, 0.05) is 12.1 Å². The topological polar surface area (TPSA) is 90.9 Å². The average Bonchev–Trinajstić information content (AvgIpc) is 2.87. The smallest absolute Gasteiger partial charge is 0.337 e. The van der Waals surface area contributed by atoms with E-state index in [1.165, 1.54) is 24.8 Å². The summed E-state index contributed by atoms with van der Waals surface area (Å²) in [6.45, 7) is 22.5. The van der Waals surface area contributed by atoms with Crippen molar-refractivity contribution in [3.8, 4) is 11.5 Å². The number of esters is 1. The second-order valence-corrected chi connectivity index (χ2v) is 25.8. The molecule has 0 bridgehead atoms. The van der Waals surface area contributed by atoms with Gasteiger partial charge >= 0.3 is 5.97 Å². The Balaban J connectivity index is 1.82. The highest BCUT2D eigenvalue weighted by atomic mass is 32.2. The van der Waals surface area contributed by atoms with Gasteiger partial charge in [0.1, 0.15) is 11.5 Å². The van der Waals surface area contributed by atoms with E-state index in [2.05, 4.69) is 90.7 Å². The molecule has 0 aliphatic heterocycles. The SMILES string of the molecule is COC(=O)c1cccc(S(=O)(=O)NC2CCC(c3ccc(O[Si](C)(C)C(C)(C)C)cc3O[Si](C)(C)C(C)(C)C)CC2)c1. The lowest BCUT2D eigenvalue weighted by Crippen LogP contribution is -2.44. The number of hydrogen-bond acceptors (Lipinski definition) is 6. The zero-order valence-corrected chi connectivity index (χ0v) is 30.2. The molecule has 1 saturated carbocycles. The maximum Gasteiger partial charge on any atom is 0.337 e. The standard InChI is InChI=1S/C32H51NO6SSi2/c1-31(2,3)41(8,9)38-26-19-20-28(29(22-26)39-42(10,11)32(4,5)6)23-15-17-25(18-16-23)33-40(35,36)27-14-12-13-24(21-27)30(34)37-7/h12-14,19-23,25,33H,15-18H2,1-11H3. The van der Waals surface area contributed by atoms with E-state index in [4.69, 9.17) is 13.6 Å². The first-order valence-electron chi connectivity index (χ1n) is 14.9. The lowest BCUT2D eigenvalue weighted by molar-refractivity contribution is 0.0600. The van der Waals surface area contributed by atoms with Crippen molar-refractivity contribution in [3.63, 3.8) is 0 Å². The Morgan fingerprint density at radius 3 is 1.95 bits per heavy atom. The van der Waals surface area contributed by atoms with Gasteiger partial charge in [0.2, 0.25) is 26.7 Å². The van der Waals surface area contributed by atoms with Gasteiger partial charge in [-0.1, -0.05) is 53.7 Å². The van der Waals surface area contributed by atoms with Crippen LogP contribution in [0.15, 0.2) is 47.4 Å². The van der Waals surface area contributed by atoms with E-state index in [-0.39, 0.29) is 32.5 Å². The average molecular weight is 634 g/mol. The van der Waals surface area contributed by atoms with E-state index in [1.54, 1.807) is 12.1 Å². The minimum atomic E-state index is -3.78. The van der Waals surface area contributed by atoms with Crippen LogP contribution in [0.4, 0.5) is 0 Å². The third-order valence-electron chi connectivity index (χ3n) is 9.39. The van der Waals surface area contributed by atoms with Crippen molar-refractivity contribution in [1.29, 1.82) is 0 Å². The lowest BCUT2D eigenvalue weighted by atomic mass is 9.81. The fourth-order valence-electron chi connectivity index (χ4n) is 4.60. The first-order chi connectivity index (χ1) is 19.2. The van der Waals surface area contributed by atoms with E-state index < -0.39 is 32.6 Å². The molecule has 0 spiro atoms. The highest BCUT2D eigenvalue weighted by Gasteiger charge is 2.41. The van der Waals surface area contributed by atoms with Crippen molar-refractivity contribution in [1.82, 2.24) is 4.72 Å². The molecule has 0 amide bonds. The summed E-state index contributed by atoms with van der Waals surface area (Å²) in [4.78, 5) is 12.0. The van der Waals surface area contributed by atoms with Gasteiger partial charge in [-0.2, -0.15) is 0 Å². The second-order valence-electron chi connectivity index (χ2n) is 14.6. The van der Waals surface area contributed by atoms with Crippen LogP contribution in [0.1, 0.15) is 89.1 Å². The highest BCUT2D eigenvalue weighted by Crippen LogP contribution is 2.45. The molecule has 1 fully saturated rings. The van der Waals surface area contributed by atoms with Gasteiger partial charge in [0.05, 0.1) is 17.6 Å². The molecule has 0 saturated heterocycles. The van der Waals surface area contributed by atoms with Gasteiger partial charge in [-0.05, 0) is 97.7 Å². The molecule has 2 aromatic carbocycles. The minimum absolute atomic E-state index is 0.0433. The molecular formula is C32H51NO6SSi2. The van der Waals surface area contributed by atoms with Crippen LogP contribution in [-0.2, 0) is 14.8 Å². The lowest BCUT2D eigenvalue weighted by Gasteiger charge is -2.39. The molecular weight excluding hydrogens is 583 g/mol. The van der Waals surface area contributed by atoms with Crippen molar-refractivity contribution < 1.29 is 26.8 Å². The summed E-state index contributed by atoms with van der Waals surface area (Å²) in [5, 5.41) is 0.125. The molecule has 0 heterocycles. The van der Waals surface area contributed by atoms with Crippen LogP contribution in [0.5, 0.6) is 11.5 Å². The van der Waals surface area contributed by atoms with Crippen molar-refractivity contribution in [3.05, 3.63) is 53.6 Å². The quantitative estimate of drug-likeness (QED) is 0.221. The fourth-order valence-corrected chi connectivity index (χ4v) is 8.00. The third kappa shape index (κ3) is 8.06. The highest BCUT2D eigenvalue weighted by molar-refractivity contribution is 7.89. The summed E-state index contributed by atoms with van der Waals surface area (Å²) in [6.07, 6.45) is 3.10. The van der Waals surface area contributed by atoms with Gasteiger partial charge in [-0.25, -0.2) is 17.9 Å². The molecule has 1 N–H and O–H groups in total. The van der Waals surface area contributed by atoms with Gasteiger partial charge in [-0.3, -0.25) is 0 Å². The molecule has 0 unspecified atom stereocenters. The number of ether oxygens (including phenoxy) is 1. The number of methoxy groups -OCH3 is 1. The Bertz CT molecular complexity index is 1370. The number of carbonyl (C=O) groups is 1. The molecule has 0 radical (unpaired) electrons. The Labute approximate surface area is 256 Å². The third-order valence-corrected chi connectivity index (χ3v) is 19.6. The molecule has 7 nitrogen and oxygen atoms in total. The maximum absolute atomic E-state index is 13.2. The monoisotopic (exact) mass is 633 g/mol. The van der Waals surface area contributed by atoms with Gasteiger partial charge in [0.15, 0.2) is 0 Å².